The average Bonchev–Trinajstić information content (AvgIpc) is 2.70. The molecule has 8 nitrogen and oxygen atoms in total. The van der Waals surface area contributed by atoms with Crippen LogP contribution in [-0.4, -0.2) is 29.2 Å². The van der Waals surface area contributed by atoms with Gasteiger partial charge in [0, 0.05) is 28.2 Å². The molecule has 1 heterocycles. The lowest BCUT2D eigenvalue weighted by Crippen LogP contribution is -2.15. The lowest BCUT2D eigenvalue weighted by atomic mass is 10.1. The normalized spacial score (nSPS) is 12.6. The first-order chi connectivity index (χ1) is 13.5. The number of esters is 1. The van der Waals surface area contributed by atoms with Crippen LogP contribution in [0.3, 0.4) is 0 Å². The van der Waals surface area contributed by atoms with Crippen LogP contribution in [0.2, 0.25) is 0 Å². The molecule has 9 heteroatoms. The third-order valence-corrected chi connectivity index (χ3v) is 5.10. The summed E-state index contributed by atoms with van der Waals surface area (Å²) in [5, 5.41) is 11.2. The number of nitro benzene ring substituents is 1. The standard InChI is InChI=1S/C19H17NO7S/c1-12(21)10-28-17-5-3-2-4-16(17)19(22)26-9-14-7-15(20(23)24)6-13-8-25-11-27-18(13)14/h2-7H,8-11H2,1H3. The van der Waals surface area contributed by atoms with Crippen LogP contribution in [0.25, 0.3) is 0 Å². The van der Waals surface area contributed by atoms with Crippen LogP contribution in [0.4, 0.5) is 5.69 Å². The van der Waals surface area contributed by atoms with E-state index in [2.05, 4.69) is 0 Å². The number of hydrogen-bond acceptors (Lipinski definition) is 8. The van der Waals surface area contributed by atoms with E-state index in [4.69, 9.17) is 14.2 Å². The second kappa shape index (κ2) is 8.85. The van der Waals surface area contributed by atoms with Gasteiger partial charge in [-0.25, -0.2) is 4.79 Å². The zero-order chi connectivity index (χ0) is 20.1. The maximum absolute atomic E-state index is 12.6. The number of carbonyl (C=O) groups excluding carboxylic acids is 2. The zero-order valence-electron chi connectivity index (χ0n) is 15.0. The Labute approximate surface area is 164 Å². The molecule has 2 aromatic rings. The van der Waals surface area contributed by atoms with Crippen LogP contribution in [0.15, 0.2) is 41.3 Å². The largest absolute Gasteiger partial charge is 0.467 e. The van der Waals surface area contributed by atoms with Crippen LogP contribution in [0.1, 0.15) is 28.4 Å². The molecule has 0 spiro atoms. The molecule has 1 aliphatic rings. The summed E-state index contributed by atoms with van der Waals surface area (Å²) in [5.41, 5.74) is 1.13. The summed E-state index contributed by atoms with van der Waals surface area (Å²) < 4.78 is 16.0. The number of hydrogen-bond donors (Lipinski definition) is 0. The third kappa shape index (κ3) is 4.68. The van der Waals surface area contributed by atoms with Crippen LogP contribution in [-0.2, 0) is 27.5 Å². The van der Waals surface area contributed by atoms with Gasteiger partial charge in [0.1, 0.15) is 18.1 Å². The number of benzene rings is 2. The van der Waals surface area contributed by atoms with Crippen molar-refractivity contribution >= 4 is 29.2 Å². The highest BCUT2D eigenvalue weighted by molar-refractivity contribution is 8.00. The van der Waals surface area contributed by atoms with Gasteiger partial charge in [0.2, 0.25) is 0 Å². The van der Waals surface area contributed by atoms with Crippen LogP contribution >= 0.6 is 11.8 Å². The highest BCUT2D eigenvalue weighted by atomic mass is 32.2. The smallest absolute Gasteiger partial charge is 0.339 e. The zero-order valence-corrected chi connectivity index (χ0v) is 15.8. The molecule has 146 valence electrons. The Morgan fingerprint density at radius 1 is 1.29 bits per heavy atom. The molecular weight excluding hydrogens is 386 g/mol. The summed E-state index contributed by atoms with van der Waals surface area (Å²) in [6.07, 6.45) is 0. The number of ether oxygens (including phenoxy) is 3. The van der Waals surface area contributed by atoms with E-state index in [1.54, 1.807) is 24.3 Å². The fourth-order valence-corrected chi connectivity index (χ4v) is 3.50. The van der Waals surface area contributed by atoms with Gasteiger partial charge in [-0.05, 0) is 19.1 Å². The molecule has 0 aromatic heterocycles. The Kier molecular flexibility index (Phi) is 6.27. The van der Waals surface area contributed by atoms with Crippen LogP contribution in [0, 0.1) is 10.1 Å². The number of thioether (sulfide) groups is 1. The second-order valence-corrected chi connectivity index (χ2v) is 7.04. The maximum atomic E-state index is 12.6. The second-order valence-electron chi connectivity index (χ2n) is 6.02. The van der Waals surface area contributed by atoms with Crippen molar-refractivity contribution in [3.63, 3.8) is 0 Å². The first kappa shape index (κ1) is 19.8. The maximum Gasteiger partial charge on any atom is 0.339 e. The predicted octanol–water partition coefficient (Wildman–Crippen LogP) is 3.50. The molecule has 0 aliphatic carbocycles. The molecule has 0 saturated carbocycles. The van der Waals surface area contributed by atoms with E-state index < -0.39 is 10.9 Å². The van der Waals surface area contributed by atoms with Crippen LogP contribution in [0.5, 0.6) is 5.75 Å². The molecule has 3 rings (SSSR count). The molecule has 0 N–H and O–H groups in total. The van der Waals surface area contributed by atoms with Crippen molar-refractivity contribution in [3.8, 4) is 5.75 Å². The van der Waals surface area contributed by atoms with Gasteiger partial charge in [0.25, 0.3) is 5.69 Å². The summed E-state index contributed by atoms with van der Waals surface area (Å²) in [7, 11) is 0. The molecule has 0 fully saturated rings. The van der Waals surface area contributed by atoms with Crippen molar-refractivity contribution in [3.05, 3.63) is 63.2 Å². The van der Waals surface area contributed by atoms with Gasteiger partial charge in [-0.15, -0.1) is 11.8 Å². The lowest BCUT2D eigenvalue weighted by molar-refractivity contribution is -0.385. The SMILES string of the molecule is CC(=O)CSc1ccccc1C(=O)OCc1cc([N+](=O)[O-])cc2c1OCOC2. The highest BCUT2D eigenvalue weighted by Gasteiger charge is 2.22. The summed E-state index contributed by atoms with van der Waals surface area (Å²) >= 11 is 1.25. The monoisotopic (exact) mass is 403 g/mol. The number of fused-ring (bicyclic) bond motifs is 1. The first-order valence-electron chi connectivity index (χ1n) is 8.35. The Hall–Kier alpha value is -2.91. The van der Waals surface area contributed by atoms with Gasteiger partial charge in [-0.2, -0.15) is 0 Å². The molecule has 0 amide bonds. The van der Waals surface area contributed by atoms with E-state index in [-0.39, 0.29) is 37.2 Å². The van der Waals surface area contributed by atoms with Crippen molar-refractivity contribution in [2.75, 3.05) is 12.5 Å². The van der Waals surface area contributed by atoms with Gasteiger partial charge in [-0.3, -0.25) is 14.9 Å². The lowest BCUT2D eigenvalue weighted by Gasteiger charge is -2.20. The quantitative estimate of drug-likeness (QED) is 0.299. The fraction of sp³-hybridized carbons (Fsp3) is 0.263. The molecular formula is C19H17NO7S. The van der Waals surface area contributed by atoms with Gasteiger partial charge in [-0.1, -0.05) is 12.1 Å². The molecule has 28 heavy (non-hydrogen) atoms. The number of nitro groups is 1. The van der Waals surface area contributed by atoms with Gasteiger partial charge < -0.3 is 14.2 Å². The minimum atomic E-state index is -0.584. The van der Waals surface area contributed by atoms with Gasteiger partial charge in [0.05, 0.1) is 22.8 Å². The van der Waals surface area contributed by atoms with Crippen molar-refractivity contribution in [2.45, 2.75) is 25.0 Å². The number of non-ortho nitro benzene ring substituents is 1. The van der Waals surface area contributed by atoms with Crippen molar-refractivity contribution < 1.29 is 28.7 Å². The molecule has 0 unspecified atom stereocenters. The Morgan fingerprint density at radius 3 is 2.82 bits per heavy atom. The number of Topliss-reactive ketones (excluding diaryl/α,β-unsaturated/α-hetero) is 1. The molecule has 0 radical (unpaired) electrons. The van der Waals surface area contributed by atoms with E-state index in [1.807, 2.05) is 0 Å². The number of nitrogens with zero attached hydrogens (tertiary/aromatic N) is 1. The molecule has 0 saturated heterocycles. The summed E-state index contributed by atoms with van der Waals surface area (Å²) in [5.74, 6) is 0.0925. The summed E-state index contributed by atoms with van der Waals surface area (Å²) in [4.78, 5) is 35.0. The van der Waals surface area contributed by atoms with Crippen molar-refractivity contribution in [1.29, 1.82) is 0 Å². The third-order valence-electron chi connectivity index (χ3n) is 3.88. The Bertz CT molecular complexity index is 928. The number of ketones is 1. The minimum Gasteiger partial charge on any atom is -0.467 e. The predicted molar refractivity (Wildman–Crippen MR) is 100 cm³/mol. The van der Waals surface area contributed by atoms with E-state index >= 15 is 0 Å². The Morgan fingerprint density at radius 2 is 2.07 bits per heavy atom. The fourth-order valence-electron chi connectivity index (χ4n) is 2.66. The Balaban J connectivity index is 1.79. The molecule has 0 bridgehead atoms. The number of rotatable bonds is 7. The van der Waals surface area contributed by atoms with Gasteiger partial charge >= 0.3 is 5.97 Å². The van der Waals surface area contributed by atoms with Gasteiger partial charge in [0.15, 0.2) is 6.79 Å². The molecule has 2 aromatic carbocycles. The minimum absolute atomic E-state index is 0.00392. The summed E-state index contributed by atoms with van der Waals surface area (Å²) in [6.45, 7) is 1.50. The number of carbonyl (C=O) groups is 2. The van der Waals surface area contributed by atoms with Crippen molar-refractivity contribution in [1.82, 2.24) is 0 Å². The molecule has 1 aliphatic heterocycles. The van der Waals surface area contributed by atoms with E-state index in [0.29, 0.717) is 27.3 Å². The average molecular weight is 403 g/mol. The molecule has 0 atom stereocenters. The highest BCUT2D eigenvalue weighted by Crippen LogP contribution is 2.33. The van der Waals surface area contributed by atoms with Crippen LogP contribution < -0.4 is 4.74 Å². The topological polar surface area (TPSA) is 105 Å². The summed E-state index contributed by atoms with van der Waals surface area (Å²) in [6, 6.07) is 9.52. The van der Waals surface area contributed by atoms with E-state index in [1.165, 1.54) is 30.8 Å². The van der Waals surface area contributed by atoms with E-state index in [0.717, 1.165) is 0 Å². The van der Waals surface area contributed by atoms with E-state index in [9.17, 15) is 19.7 Å². The van der Waals surface area contributed by atoms with Crippen molar-refractivity contribution in [2.24, 2.45) is 0 Å². The first-order valence-corrected chi connectivity index (χ1v) is 9.33.